The quantitative estimate of drug-likeness (QED) is 0.0942. The molecular formula is C40H54IN4O4PSi2. The first kappa shape index (κ1) is 40.7. The van der Waals surface area contributed by atoms with E-state index < -0.39 is 24.1 Å². The number of aromatic nitrogens is 4. The predicted molar refractivity (Wildman–Crippen MR) is 215 cm³/mol. The summed E-state index contributed by atoms with van der Waals surface area (Å²) in [6.07, 6.45) is 3.37. The van der Waals surface area contributed by atoms with E-state index in [0.29, 0.717) is 30.1 Å². The van der Waals surface area contributed by atoms with Crippen LogP contribution in [0.3, 0.4) is 0 Å². The number of rotatable bonds is 11. The van der Waals surface area contributed by atoms with Crippen molar-refractivity contribution >= 4 is 51.2 Å². The van der Waals surface area contributed by atoms with Crippen LogP contribution < -0.4 is 44.4 Å². The van der Waals surface area contributed by atoms with Crippen molar-refractivity contribution < 1.29 is 42.1 Å². The van der Waals surface area contributed by atoms with Gasteiger partial charge in [0.1, 0.15) is 34.6 Å². The molecule has 6 rings (SSSR count). The highest BCUT2D eigenvalue weighted by molar-refractivity contribution is 7.92. The Morgan fingerprint density at radius 2 is 1.23 bits per heavy atom. The molecule has 1 fully saturated rings. The van der Waals surface area contributed by atoms with E-state index >= 15 is 0 Å². The van der Waals surface area contributed by atoms with Gasteiger partial charge < -0.3 is 42.1 Å². The highest BCUT2D eigenvalue weighted by Gasteiger charge is 2.51. The molecular weight excluding hydrogens is 815 g/mol. The normalized spacial score (nSPS) is 18.7. The molecule has 3 heterocycles. The molecule has 0 spiro atoms. The maximum absolute atomic E-state index is 7.31. The molecule has 0 unspecified atom stereocenters. The first-order chi connectivity index (χ1) is 24.0. The summed E-state index contributed by atoms with van der Waals surface area (Å²) in [7, 11) is -6.83. The molecule has 5 aromatic rings. The van der Waals surface area contributed by atoms with Crippen LogP contribution in [0.2, 0.25) is 36.3 Å². The summed E-state index contributed by atoms with van der Waals surface area (Å²) < 4.78 is 30.0. The van der Waals surface area contributed by atoms with Crippen LogP contribution in [0.25, 0.3) is 11.2 Å². The molecule has 2 aromatic heterocycles. The fourth-order valence-corrected chi connectivity index (χ4v) is 11.7. The van der Waals surface area contributed by atoms with Crippen LogP contribution in [0.4, 0.5) is 0 Å². The molecule has 0 amide bonds. The minimum atomic E-state index is -2.69. The second-order valence-corrected chi connectivity index (χ2v) is 29.1. The topological polar surface area (TPSA) is 80.5 Å². The summed E-state index contributed by atoms with van der Waals surface area (Å²) in [6, 6.07) is 31.4. The lowest BCUT2D eigenvalue weighted by atomic mass is 10.2. The molecule has 1 aliphatic heterocycles. The van der Waals surface area contributed by atoms with E-state index in [4.69, 9.17) is 33.1 Å². The van der Waals surface area contributed by atoms with E-state index in [9.17, 15) is 0 Å². The van der Waals surface area contributed by atoms with E-state index in [1.54, 1.807) is 6.33 Å². The Balaban J connectivity index is 0.00000523. The molecule has 3 aromatic carbocycles. The predicted octanol–water partition coefficient (Wildman–Crippen LogP) is 5.82. The van der Waals surface area contributed by atoms with E-state index in [1.807, 2.05) is 29.1 Å². The van der Waals surface area contributed by atoms with Crippen molar-refractivity contribution in [3.8, 4) is 5.88 Å². The Labute approximate surface area is 329 Å². The van der Waals surface area contributed by atoms with Crippen LogP contribution in [0.15, 0.2) is 104 Å². The summed E-state index contributed by atoms with van der Waals surface area (Å²) in [5.41, 5.74) is 1.26. The van der Waals surface area contributed by atoms with Gasteiger partial charge in [0.2, 0.25) is 0 Å². The summed E-state index contributed by atoms with van der Waals surface area (Å²) >= 11 is 0. The van der Waals surface area contributed by atoms with Gasteiger partial charge in [-0.1, -0.05) is 96.1 Å². The van der Waals surface area contributed by atoms with Gasteiger partial charge in [-0.15, -0.1) is 0 Å². The standard InChI is InChI=1S/C40H54N4O4PSi2.HI/c1-39(2,3)50(7,8)45-27-34-33(48-51(9,10)40(4,5)6)26-35(46-34)44-29-43-36-37(44)41-28-42-38(36)47-49(30-20-14-11-15-21-30,31-22-16-12-17-23-31)32-24-18-13-19-25-32;/h11-25,28-29,33-35H,26-27H2,1-10H3;1H/q+1;/p-1/t33-,34+,35+;/m0./s1. The van der Waals surface area contributed by atoms with Crippen LogP contribution in [0.1, 0.15) is 54.2 Å². The van der Waals surface area contributed by atoms with Gasteiger partial charge >= 0.3 is 0 Å². The van der Waals surface area contributed by atoms with Crippen LogP contribution in [0, 0.1) is 0 Å². The maximum Gasteiger partial charge on any atom is 0.297 e. The van der Waals surface area contributed by atoms with Crippen molar-refractivity contribution in [2.75, 3.05) is 6.61 Å². The van der Waals surface area contributed by atoms with Gasteiger partial charge in [-0.05, 0) is 72.7 Å². The molecule has 0 bridgehead atoms. The van der Waals surface area contributed by atoms with Gasteiger partial charge in [-0.25, -0.2) is 9.97 Å². The average molecular weight is 869 g/mol. The lowest BCUT2D eigenvalue weighted by Gasteiger charge is -2.40. The minimum Gasteiger partial charge on any atom is -1.00 e. The van der Waals surface area contributed by atoms with Gasteiger partial charge in [-0.2, -0.15) is 4.98 Å². The van der Waals surface area contributed by atoms with Gasteiger partial charge in [0.15, 0.2) is 27.8 Å². The molecule has 52 heavy (non-hydrogen) atoms. The van der Waals surface area contributed by atoms with Crippen LogP contribution in [-0.4, -0.2) is 55.0 Å². The summed E-state index contributed by atoms with van der Waals surface area (Å²) in [5.74, 6) is 0.438. The van der Waals surface area contributed by atoms with Crippen LogP contribution in [0.5, 0.6) is 5.88 Å². The Morgan fingerprint density at radius 3 is 1.71 bits per heavy atom. The largest absolute Gasteiger partial charge is 1.00 e. The Kier molecular flexibility index (Phi) is 12.3. The number of benzene rings is 3. The van der Waals surface area contributed by atoms with Crippen LogP contribution in [-0.2, 0) is 13.6 Å². The highest BCUT2D eigenvalue weighted by Crippen LogP contribution is 2.56. The number of fused-ring (bicyclic) bond motifs is 1. The molecule has 3 atom stereocenters. The number of imidazole rings is 1. The first-order valence-corrected chi connectivity index (χ1v) is 25.5. The average Bonchev–Trinajstić information content (AvgIpc) is 3.70. The lowest BCUT2D eigenvalue weighted by Crippen LogP contribution is -3.00. The van der Waals surface area contributed by atoms with E-state index in [1.165, 1.54) is 0 Å². The number of halogens is 1. The SMILES string of the molecule is CC(C)(C)[Si](C)(C)OC[C@H]1O[C@@H](n2cnc3c(O[P+](c4ccccc4)(c4ccccc4)c4ccccc4)ncnc32)C[C@@H]1O[Si](C)(C)C(C)(C)C.[I-]. The molecule has 0 radical (unpaired) electrons. The molecule has 1 aliphatic rings. The summed E-state index contributed by atoms with van der Waals surface area (Å²) in [6.45, 7) is 23.3. The highest BCUT2D eigenvalue weighted by atomic mass is 127. The molecule has 8 nitrogen and oxygen atoms in total. The van der Waals surface area contributed by atoms with Gasteiger partial charge in [0.05, 0.1) is 19.0 Å². The summed E-state index contributed by atoms with van der Waals surface area (Å²) in [5, 5.41) is 3.41. The van der Waals surface area contributed by atoms with Gasteiger partial charge in [0, 0.05) is 6.42 Å². The minimum absolute atomic E-state index is 0. The third kappa shape index (κ3) is 8.11. The third-order valence-corrected chi connectivity index (χ3v) is 23.6. The van der Waals surface area contributed by atoms with Crippen LogP contribution >= 0.6 is 7.49 Å². The Hall–Kier alpha value is -2.52. The molecule has 0 aliphatic carbocycles. The molecule has 1 saturated heterocycles. The fourth-order valence-electron chi connectivity index (χ4n) is 5.96. The zero-order valence-corrected chi connectivity index (χ0v) is 37.3. The number of hydrogen-bond donors (Lipinski definition) is 0. The Bertz CT molecular complexity index is 1820. The number of ether oxygens (including phenoxy) is 1. The lowest BCUT2D eigenvalue weighted by molar-refractivity contribution is -0.0383. The monoisotopic (exact) mass is 868 g/mol. The number of hydrogen-bond acceptors (Lipinski definition) is 7. The smallest absolute Gasteiger partial charge is 0.297 e. The third-order valence-electron chi connectivity index (χ3n) is 11.1. The van der Waals surface area contributed by atoms with Gasteiger partial charge in [0.25, 0.3) is 13.4 Å². The van der Waals surface area contributed by atoms with Crippen molar-refractivity contribution in [3.05, 3.63) is 104 Å². The molecule has 278 valence electrons. The molecule has 0 N–H and O–H groups in total. The fraction of sp³-hybridized carbons (Fsp3) is 0.425. The first-order valence-electron chi connectivity index (χ1n) is 17.9. The second kappa shape index (κ2) is 15.7. The zero-order valence-electron chi connectivity index (χ0n) is 32.2. The summed E-state index contributed by atoms with van der Waals surface area (Å²) in [4.78, 5) is 14.4. The van der Waals surface area contributed by atoms with Crippen molar-refractivity contribution in [1.29, 1.82) is 0 Å². The van der Waals surface area contributed by atoms with E-state index in [2.05, 4.69) is 141 Å². The maximum atomic E-state index is 7.31. The van der Waals surface area contributed by atoms with E-state index in [-0.39, 0.29) is 52.5 Å². The number of nitrogens with zero attached hydrogens (tertiary/aromatic N) is 4. The van der Waals surface area contributed by atoms with Crippen molar-refractivity contribution in [3.63, 3.8) is 0 Å². The van der Waals surface area contributed by atoms with Crippen molar-refractivity contribution in [1.82, 2.24) is 19.5 Å². The molecule has 0 saturated carbocycles. The Morgan fingerprint density at radius 1 is 0.731 bits per heavy atom. The van der Waals surface area contributed by atoms with Crippen molar-refractivity contribution in [2.24, 2.45) is 0 Å². The van der Waals surface area contributed by atoms with Gasteiger partial charge in [-0.3, -0.25) is 4.57 Å². The van der Waals surface area contributed by atoms with Crippen molar-refractivity contribution in [2.45, 2.75) is 103 Å². The second-order valence-electron chi connectivity index (χ2n) is 16.6. The van der Waals surface area contributed by atoms with E-state index in [0.717, 1.165) is 15.9 Å². The molecule has 12 heteroatoms. The zero-order chi connectivity index (χ0) is 36.7.